The second-order valence-corrected chi connectivity index (χ2v) is 9.39. The fraction of sp³-hybridized carbons (Fsp3) is 0.947. The van der Waals surface area contributed by atoms with Gasteiger partial charge in [-0.1, -0.05) is 20.3 Å². The highest BCUT2D eigenvalue weighted by Crippen LogP contribution is 2.33. The zero-order chi connectivity index (χ0) is 21.0. The van der Waals surface area contributed by atoms with E-state index in [1.54, 1.807) is 0 Å². The molecule has 0 aliphatic carbocycles. The van der Waals surface area contributed by atoms with Crippen molar-refractivity contribution < 1.29 is 30.0 Å². The Balaban J connectivity index is 2.11. The lowest BCUT2D eigenvalue weighted by atomic mass is 9.86. The van der Waals surface area contributed by atoms with Crippen molar-refractivity contribution in [2.75, 3.05) is 19.3 Å². The second kappa shape index (κ2) is 10.6. The first-order valence-electron chi connectivity index (χ1n) is 10.2. The minimum absolute atomic E-state index is 0.137. The highest BCUT2D eigenvalue weighted by molar-refractivity contribution is 7.99. The van der Waals surface area contributed by atoms with Crippen LogP contribution in [-0.4, -0.2) is 92.7 Å². The monoisotopic (exact) mass is 420 g/mol. The first-order chi connectivity index (χ1) is 13.2. The van der Waals surface area contributed by atoms with Crippen molar-refractivity contribution in [1.29, 1.82) is 0 Å². The van der Waals surface area contributed by atoms with Gasteiger partial charge in [0.25, 0.3) is 0 Å². The molecule has 0 unspecified atom stereocenters. The molecule has 5 N–H and O–H groups in total. The van der Waals surface area contributed by atoms with Gasteiger partial charge in [-0.2, -0.15) is 0 Å². The van der Waals surface area contributed by atoms with Crippen molar-refractivity contribution in [2.45, 2.75) is 82.2 Å². The number of hydrogen-bond acceptors (Lipinski definition) is 8. The average molecular weight is 421 g/mol. The van der Waals surface area contributed by atoms with Gasteiger partial charge in [0.15, 0.2) is 0 Å². The van der Waals surface area contributed by atoms with Crippen LogP contribution in [-0.2, 0) is 9.53 Å². The van der Waals surface area contributed by atoms with Gasteiger partial charge < -0.3 is 30.5 Å². The number of nitrogens with one attached hydrogen (secondary N) is 1. The van der Waals surface area contributed by atoms with Crippen LogP contribution in [0.15, 0.2) is 0 Å². The summed E-state index contributed by atoms with van der Waals surface area (Å²) in [5.41, 5.74) is -0.773. The van der Waals surface area contributed by atoms with E-state index in [9.17, 15) is 25.2 Å². The molecule has 0 bridgehead atoms. The third-order valence-corrected chi connectivity index (χ3v) is 6.81. The Kier molecular flexibility index (Phi) is 9.00. The molecule has 2 heterocycles. The number of thioether (sulfide) groups is 1. The lowest BCUT2D eigenvalue weighted by Crippen LogP contribution is -2.62. The highest BCUT2D eigenvalue weighted by Gasteiger charge is 2.50. The van der Waals surface area contributed by atoms with E-state index >= 15 is 0 Å². The summed E-state index contributed by atoms with van der Waals surface area (Å²) in [7, 11) is 1.96. The van der Waals surface area contributed by atoms with Crippen molar-refractivity contribution in [1.82, 2.24) is 10.2 Å². The lowest BCUT2D eigenvalue weighted by Gasteiger charge is -2.43. The average Bonchev–Trinajstić information content (AvgIpc) is 2.96. The predicted molar refractivity (Wildman–Crippen MR) is 108 cm³/mol. The molecule has 2 saturated heterocycles. The summed E-state index contributed by atoms with van der Waals surface area (Å²) < 4.78 is 5.79. The van der Waals surface area contributed by atoms with E-state index in [0.29, 0.717) is 11.7 Å². The number of carbonyl (C=O) groups excluding carboxylic acids is 1. The smallest absolute Gasteiger partial charge is 0.229 e. The van der Waals surface area contributed by atoms with Gasteiger partial charge >= 0.3 is 0 Å². The molecule has 0 radical (unpaired) electrons. The number of likely N-dealkylation sites (tertiary alicyclic amines) is 1. The molecule has 2 fully saturated rings. The molecular weight excluding hydrogens is 384 g/mol. The van der Waals surface area contributed by atoms with Crippen molar-refractivity contribution in [3.05, 3.63) is 0 Å². The standard InChI is InChI=1S/C19H36N2O6S/c1-5-7-11-8-12(21(4)9-11)20-18(26)13(10(3)22)17-15(24)14(23)16(25)19(27-17)28-6-2/h10-17,19,22-25H,5-9H2,1-4H3,(H,20,26)/t10-,11+,12-,13-,14+,15+,16-,17-,19+/m0/s1. The minimum Gasteiger partial charge on any atom is -0.392 e. The summed E-state index contributed by atoms with van der Waals surface area (Å²) in [5.74, 6) is -0.328. The Morgan fingerprint density at radius 1 is 1.25 bits per heavy atom. The SMILES string of the molecule is CCC[C@@H]1C[C@@H](NC(=O)[C@H]([C@@H]2O[C@H](SCC)[C@@H](O)[C@H](O)[C@H]2O)[C@H](C)O)N(C)C1. The van der Waals surface area contributed by atoms with Crippen LogP contribution in [0.4, 0.5) is 0 Å². The number of amides is 1. The number of aliphatic hydroxyl groups excluding tert-OH is 4. The highest BCUT2D eigenvalue weighted by atomic mass is 32.2. The predicted octanol–water partition coefficient (Wildman–Crippen LogP) is -0.262. The van der Waals surface area contributed by atoms with E-state index in [2.05, 4.69) is 17.1 Å². The zero-order valence-electron chi connectivity index (χ0n) is 17.2. The van der Waals surface area contributed by atoms with Gasteiger partial charge in [-0.3, -0.25) is 9.69 Å². The number of nitrogens with zero attached hydrogens (tertiary/aromatic N) is 1. The van der Waals surface area contributed by atoms with E-state index in [-0.39, 0.29) is 6.17 Å². The minimum atomic E-state index is -1.47. The number of ether oxygens (including phenoxy) is 1. The summed E-state index contributed by atoms with van der Waals surface area (Å²) in [6.45, 7) is 6.40. The molecule has 9 heteroatoms. The van der Waals surface area contributed by atoms with Crippen molar-refractivity contribution in [2.24, 2.45) is 11.8 Å². The number of hydrogen-bond donors (Lipinski definition) is 5. The molecule has 2 rings (SSSR count). The van der Waals surface area contributed by atoms with E-state index in [1.807, 2.05) is 14.0 Å². The molecule has 0 spiro atoms. The normalized spacial score (nSPS) is 38.9. The Morgan fingerprint density at radius 2 is 1.93 bits per heavy atom. The summed E-state index contributed by atoms with van der Waals surface area (Å²) in [6.07, 6.45) is -3.48. The van der Waals surface area contributed by atoms with Crippen LogP contribution in [0.2, 0.25) is 0 Å². The summed E-state index contributed by atoms with van der Waals surface area (Å²) in [6, 6.07) is 0. The fourth-order valence-corrected chi connectivity index (χ4v) is 5.16. The van der Waals surface area contributed by atoms with Crippen LogP contribution in [0, 0.1) is 11.8 Å². The summed E-state index contributed by atoms with van der Waals surface area (Å²) in [4.78, 5) is 15.1. The topological polar surface area (TPSA) is 122 Å². The molecular formula is C19H36N2O6S. The third kappa shape index (κ3) is 5.38. The summed E-state index contributed by atoms with van der Waals surface area (Å²) in [5, 5.41) is 44.1. The van der Waals surface area contributed by atoms with Crippen LogP contribution in [0.1, 0.15) is 40.0 Å². The molecule has 1 amide bonds. The maximum atomic E-state index is 13.0. The van der Waals surface area contributed by atoms with Crippen molar-refractivity contribution in [3.8, 4) is 0 Å². The van der Waals surface area contributed by atoms with E-state index in [0.717, 1.165) is 25.8 Å². The first-order valence-corrected chi connectivity index (χ1v) is 11.3. The van der Waals surface area contributed by atoms with Gasteiger partial charge in [0.05, 0.1) is 18.2 Å². The largest absolute Gasteiger partial charge is 0.392 e. The van der Waals surface area contributed by atoms with E-state index < -0.39 is 47.8 Å². The van der Waals surface area contributed by atoms with Crippen molar-refractivity contribution in [3.63, 3.8) is 0 Å². The van der Waals surface area contributed by atoms with Gasteiger partial charge in [0.2, 0.25) is 5.91 Å². The molecule has 164 valence electrons. The molecule has 0 aromatic carbocycles. The van der Waals surface area contributed by atoms with E-state index in [1.165, 1.54) is 18.7 Å². The molecule has 0 aromatic rings. The Bertz CT molecular complexity index is 511. The first kappa shape index (κ1) is 23.9. The van der Waals surface area contributed by atoms with Gasteiger partial charge in [0.1, 0.15) is 29.9 Å². The van der Waals surface area contributed by atoms with Gasteiger partial charge in [-0.25, -0.2) is 0 Å². The zero-order valence-corrected chi connectivity index (χ0v) is 18.0. The maximum absolute atomic E-state index is 13.0. The molecule has 8 nitrogen and oxygen atoms in total. The molecule has 2 aliphatic heterocycles. The van der Waals surface area contributed by atoms with Crippen LogP contribution >= 0.6 is 11.8 Å². The van der Waals surface area contributed by atoms with Crippen LogP contribution in [0.25, 0.3) is 0 Å². The van der Waals surface area contributed by atoms with Crippen LogP contribution in [0.3, 0.4) is 0 Å². The number of carbonyl (C=O) groups is 1. The molecule has 2 aliphatic rings. The van der Waals surface area contributed by atoms with Gasteiger partial charge in [-0.05, 0) is 38.5 Å². The van der Waals surface area contributed by atoms with E-state index in [4.69, 9.17) is 4.74 Å². The Morgan fingerprint density at radius 3 is 2.50 bits per heavy atom. The molecule has 0 aromatic heterocycles. The molecule has 9 atom stereocenters. The number of aliphatic hydroxyl groups is 4. The number of rotatable bonds is 8. The van der Waals surface area contributed by atoms with Crippen LogP contribution < -0.4 is 5.32 Å². The quantitative estimate of drug-likeness (QED) is 0.364. The third-order valence-electron chi connectivity index (χ3n) is 5.75. The summed E-state index contributed by atoms with van der Waals surface area (Å²) >= 11 is 1.28. The maximum Gasteiger partial charge on any atom is 0.229 e. The molecule has 0 saturated carbocycles. The molecule has 28 heavy (non-hydrogen) atoms. The lowest BCUT2D eigenvalue weighted by molar-refractivity contribution is -0.218. The Labute approximate surface area is 171 Å². The van der Waals surface area contributed by atoms with Crippen molar-refractivity contribution >= 4 is 17.7 Å². The second-order valence-electron chi connectivity index (χ2n) is 8.02. The van der Waals surface area contributed by atoms with Gasteiger partial charge in [-0.15, -0.1) is 11.8 Å². The fourth-order valence-electron chi connectivity index (χ4n) is 4.27. The van der Waals surface area contributed by atoms with Crippen LogP contribution in [0.5, 0.6) is 0 Å². The van der Waals surface area contributed by atoms with Gasteiger partial charge in [0, 0.05) is 6.54 Å². The Hall–Kier alpha value is -0.420.